The molecule has 13 heteroatoms. The van der Waals surface area contributed by atoms with Gasteiger partial charge in [-0.1, -0.05) is 18.2 Å². The van der Waals surface area contributed by atoms with Crippen LogP contribution in [0.1, 0.15) is 32.9 Å². The van der Waals surface area contributed by atoms with Crippen LogP contribution in [0.2, 0.25) is 0 Å². The topological polar surface area (TPSA) is 86.5 Å². The maximum absolute atomic E-state index is 15.4. The smallest absolute Gasteiger partial charge is 0.345 e. The fraction of sp³-hybridized carbons (Fsp3) is 0.194. The van der Waals surface area contributed by atoms with Gasteiger partial charge in [-0.3, -0.25) is 0 Å². The van der Waals surface area contributed by atoms with Crippen molar-refractivity contribution < 1.29 is 45.7 Å². The van der Waals surface area contributed by atoms with E-state index >= 15 is 8.78 Å². The molecule has 0 aliphatic heterocycles. The maximum Gasteiger partial charge on any atom is 0.345 e. The first-order valence-corrected chi connectivity index (χ1v) is 13.1. The van der Waals surface area contributed by atoms with Gasteiger partial charge in [-0.15, -0.1) is 0 Å². The Labute approximate surface area is 246 Å². The number of benzene rings is 3. The van der Waals surface area contributed by atoms with Crippen molar-refractivity contribution in [3.63, 3.8) is 0 Å². The largest absolute Gasteiger partial charge is 0.478 e. The minimum absolute atomic E-state index is 0.0366. The van der Waals surface area contributed by atoms with Crippen LogP contribution in [-0.2, 0) is 24.3 Å². The fourth-order valence-electron chi connectivity index (χ4n) is 4.63. The minimum Gasteiger partial charge on any atom is -0.478 e. The van der Waals surface area contributed by atoms with Gasteiger partial charge in [0.2, 0.25) is 5.88 Å². The molecular formula is C31H23F6N3O4. The Morgan fingerprint density at radius 1 is 0.909 bits per heavy atom. The molecule has 1 N–H and O–H groups in total. The first-order valence-electron chi connectivity index (χ1n) is 13.1. The van der Waals surface area contributed by atoms with Crippen molar-refractivity contribution in [2.75, 3.05) is 6.61 Å². The number of hydrogen-bond donors (Lipinski definition) is 1. The highest BCUT2D eigenvalue weighted by Crippen LogP contribution is 2.29. The van der Waals surface area contributed by atoms with Gasteiger partial charge >= 0.3 is 12.6 Å². The van der Waals surface area contributed by atoms with Gasteiger partial charge < -0.3 is 19.1 Å². The third-order valence-corrected chi connectivity index (χ3v) is 6.76. The summed E-state index contributed by atoms with van der Waals surface area (Å²) in [5.74, 6) is -4.60. The second kappa shape index (κ2) is 12.8. The van der Waals surface area contributed by atoms with Crippen LogP contribution in [0.25, 0.3) is 22.3 Å². The number of pyridine rings is 1. The molecule has 0 bridgehead atoms. The van der Waals surface area contributed by atoms with E-state index in [1.165, 1.54) is 28.8 Å². The van der Waals surface area contributed by atoms with Crippen LogP contribution in [0.5, 0.6) is 5.88 Å². The molecule has 0 aliphatic carbocycles. The van der Waals surface area contributed by atoms with Crippen molar-refractivity contribution in [3.05, 3.63) is 112 Å². The Kier molecular flexibility index (Phi) is 8.86. The van der Waals surface area contributed by atoms with Crippen molar-refractivity contribution in [2.45, 2.75) is 33.1 Å². The summed E-state index contributed by atoms with van der Waals surface area (Å²) in [5.41, 5.74) is -0.0606. The Morgan fingerprint density at radius 3 is 2.41 bits per heavy atom. The number of ether oxygens (including phenoxy) is 2. The normalized spacial score (nSPS) is 11.5. The monoisotopic (exact) mass is 615 g/mol. The molecular weight excluding hydrogens is 592 g/mol. The van der Waals surface area contributed by atoms with Crippen molar-refractivity contribution in [3.8, 4) is 17.1 Å². The number of nitrogens with zero attached hydrogens (tertiary/aromatic N) is 3. The molecule has 228 valence electrons. The number of carboxylic acid groups (broad SMARTS) is 1. The van der Waals surface area contributed by atoms with E-state index in [4.69, 9.17) is 4.74 Å². The van der Waals surface area contributed by atoms with Gasteiger partial charge in [0.05, 0.1) is 23.4 Å². The first kappa shape index (κ1) is 30.5. The zero-order valence-electron chi connectivity index (χ0n) is 23.0. The van der Waals surface area contributed by atoms with E-state index < -0.39 is 54.4 Å². The quantitative estimate of drug-likeness (QED) is 0.160. The summed E-state index contributed by atoms with van der Waals surface area (Å²) >= 11 is 0. The van der Waals surface area contributed by atoms with Crippen molar-refractivity contribution in [2.24, 2.45) is 0 Å². The molecule has 0 fully saturated rings. The van der Waals surface area contributed by atoms with E-state index in [9.17, 15) is 27.5 Å². The van der Waals surface area contributed by atoms with Crippen LogP contribution in [0.3, 0.4) is 0 Å². The van der Waals surface area contributed by atoms with Gasteiger partial charge in [0.15, 0.2) is 5.82 Å². The predicted octanol–water partition coefficient (Wildman–Crippen LogP) is 7.07. The number of carboxylic acids is 1. The molecule has 0 aliphatic rings. The molecule has 5 rings (SSSR count). The number of imidazole rings is 1. The van der Waals surface area contributed by atoms with Gasteiger partial charge in [0.25, 0.3) is 0 Å². The molecule has 0 atom stereocenters. The van der Waals surface area contributed by atoms with Crippen molar-refractivity contribution in [1.29, 1.82) is 0 Å². The van der Waals surface area contributed by atoms with E-state index in [1.54, 1.807) is 19.1 Å². The Morgan fingerprint density at radius 2 is 1.68 bits per heavy atom. The Balaban J connectivity index is 1.43. The van der Waals surface area contributed by atoms with E-state index in [1.807, 2.05) is 0 Å². The summed E-state index contributed by atoms with van der Waals surface area (Å²) in [4.78, 5) is 19.8. The number of carbonyl (C=O) groups is 1. The fourth-order valence-corrected chi connectivity index (χ4v) is 4.63. The van der Waals surface area contributed by atoms with Crippen LogP contribution in [0, 0.1) is 30.2 Å². The highest BCUT2D eigenvalue weighted by Gasteiger charge is 2.21. The Bertz CT molecular complexity index is 1860. The molecule has 7 nitrogen and oxygen atoms in total. The van der Waals surface area contributed by atoms with Crippen molar-refractivity contribution in [1.82, 2.24) is 14.5 Å². The highest BCUT2D eigenvalue weighted by atomic mass is 19.3. The Hall–Kier alpha value is -4.91. The second-order valence-electron chi connectivity index (χ2n) is 9.79. The molecule has 0 spiro atoms. The SMILES string of the molecule is Cc1ccc(COc2cccc(-c3cc(F)c(Cc4nc5c(F)cc(C(=O)O)cc5n4CCOC(F)F)cc3F)n2)c(F)c1. The number of aromatic nitrogens is 3. The van der Waals surface area contributed by atoms with Gasteiger partial charge in [0.1, 0.15) is 35.4 Å². The van der Waals surface area contributed by atoms with Crippen molar-refractivity contribution >= 4 is 17.0 Å². The number of aromatic carboxylic acids is 1. The van der Waals surface area contributed by atoms with Gasteiger partial charge in [-0.25, -0.2) is 32.3 Å². The zero-order chi connectivity index (χ0) is 31.5. The number of halogens is 6. The summed E-state index contributed by atoms with van der Waals surface area (Å²) in [5, 5.41) is 9.32. The van der Waals surface area contributed by atoms with E-state index in [0.717, 1.165) is 29.8 Å². The molecule has 0 amide bonds. The van der Waals surface area contributed by atoms with Crippen LogP contribution in [0.15, 0.2) is 60.7 Å². The molecule has 0 unspecified atom stereocenters. The number of aryl methyl sites for hydroxylation is 1. The molecule has 2 aromatic heterocycles. The third kappa shape index (κ3) is 6.67. The van der Waals surface area contributed by atoms with E-state index in [-0.39, 0.29) is 58.3 Å². The summed E-state index contributed by atoms with van der Waals surface area (Å²) in [6, 6.07) is 12.7. The summed E-state index contributed by atoms with van der Waals surface area (Å²) in [6.07, 6.45) is -0.396. The molecule has 0 saturated carbocycles. The summed E-state index contributed by atoms with van der Waals surface area (Å²) < 4.78 is 95.9. The second-order valence-corrected chi connectivity index (χ2v) is 9.79. The van der Waals surface area contributed by atoms with Crippen LogP contribution in [0.4, 0.5) is 26.3 Å². The average Bonchev–Trinajstić information content (AvgIpc) is 3.31. The number of fused-ring (bicyclic) bond motifs is 1. The van der Waals surface area contributed by atoms with Crippen LogP contribution >= 0.6 is 0 Å². The molecule has 2 heterocycles. The van der Waals surface area contributed by atoms with Gasteiger partial charge in [-0.05, 0) is 54.4 Å². The highest BCUT2D eigenvalue weighted by molar-refractivity contribution is 5.92. The van der Waals surface area contributed by atoms with E-state index in [0.29, 0.717) is 0 Å². The predicted molar refractivity (Wildman–Crippen MR) is 146 cm³/mol. The number of alkyl halides is 2. The maximum atomic E-state index is 15.4. The lowest BCUT2D eigenvalue weighted by Crippen LogP contribution is -2.13. The number of hydrogen-bond acceptors (Lipinski definition) is 5. The summed E-state index contributed by atoms with van der Waals surface area (Å²) in [7, 11) is 0. The molecule has 0 saturated heterocycles. The first-order chi connectivity index (χ1) is 21.0. The van der Waals surface area contributed by atoms with Crippen LogP contribution in [-0.4, -0.2) is 38.8 Å². The summed E-state index contributed by atoms with van der Waals surface area (Å²) in [6.45, 7) is -2.35. The standard InChI is InChI=1S/C31H23F6N3O4/c1-16-5-6-17(21(32)9-16)15-44-28-4-2-3-25(38-28)20-14-22(33)18(10-23(20)34)13-27-39-29-24(35)11-19(30(41)42)12-26(29)40(27)7-8-43-31(36)37/h2-6,9-12,14,31H,7-8,13,15H2,1H3,(H,41,42). The third-order valence-electron chi connectivity index (χ3n) is 6.76. The molecule has 3 aromatic carbocycles. The lowest BCUT2D eigenvalue weighted by atomic mass is 10.0. The average molecular weight is 616 g/mol. The number of rotatable bonds is 11. The lowest BCUT2D eigenvalue weighted by molar-refractivity contribution is -0.130. The minimum atomic E-state index is -3.10. The van der Waals surface area contributed by atoms with Gasteiger partial charge in [-0.2, -0.15) is 8.78 Å². The van der Waals surface area contributed by atoms with E-state index in [2.05, 4.69) is 14.7 Å². The van der Waals surface area contributed by atoms with Gasteiger partial charge in [0, 0.05) is 30.2 Å². The molecule has 0 radical (unpaired) electrons. The zero-order valence-corrected chi connectivity index (χ0v) is 23.0. The molecule has 5 aromatic rings. The lowest BCUT2D eigenvalue weighted by Gasteiger charge is -2.12. The molecule has 44 heavy (non-hydrogen) atoms. The van der Waals surface area contributed by atoms with Crippen LogP contribution < -0.4 is 4.74 Å².